The molecular weight excluding hydrogens is 516 g/mol. The van der Waals surface area contributed by atoms with Crippen LogP contribution in [0.2, 0.25) is 0 Å². The van der Waals surface area contributed by atoms with Gasteiger partial charge >= 0.3 is 23.9 Å². The summed E-state index contributed by atoms with van der Waals surface area (Å²) >= 11 is 1.19. The number of rotatable bonds is 11. The number of ether oxygens (including phenoxy) is 5. The maximum Gasteiger partial charge on any atom is 0.303 e. The number of hydrogen-bond acceptors (Lipinski definition) is 11. The second-order valence-corrected chi connectivity index (χ2v) is 9.99. The second-order valence-electron chi connectivity index (χ2n) is 8.93. The Bertz CT molecular complexity index is 1150. The van der Waals surface area contributed by atoms with Crippen molar-refractivity contribution in [2.45, 2.75) is 95.4 Å². The monoisotopic (exact) mass is 550 g/mol. The van der Waals surface area contributed by atoms with E-state index in [0.29, 0.717) is 11.7 Å². The summed E-state index contributed by atoms with van der Waals surface area (Å²) in [6.07, 6.45) is -1.55. The number of unbranched alkanes of at least 4 members (excludes halogenated alkanes) is 2. The van der Waals surface area contributed by atoms with E-state index in [9.17, 15) is 19.2 Å². The molecule has 1 saturated heterocycles. The highest BCUT2D eigenvalue weighted by Crippen LogP contribution is 2.38. The highest BCUT2D eigenvalue weighted by atomic mass is 32.2. The van der Waals surface area contributed by atoms with E-state index in [1.165, 1.54) is 39.5 Å². The van der Waals surface area contributed by atoms with Gasteiger partial charge in [0, 0.05) is 34.2 Å². The van der Waals surface area contributed by atoms with Crippen LogP contribution in [0.15, 0.2) is 29.4 Å². The molecule has 1 aliphatic rings. The number of carbonyl (C=O) groups excluding carboxylic acids is 4. The Morgan fingerprint density at radius 1 is 0.895 bits per heavy atom. The van der Waals surface area contributed by atoms with Gasteiger partial charge in [0.15, 0.2) is 28.9 Å². The third kappa shape index (κ3) is 7.70. The summed E-state index contributed by atoms with van der Waals surface area (Å²) in [7, 11) is 0. The van der Waals surface area contributed by atoms with Crippen molar-refractivity contribution in [3.63, 3.8) is 0 Å². The second kappa shape index (κ2) is 13.6. The number of imidazole rings is 1. The number of aromatic nitrogens is 2. The van der Waals surface area contributed by atoms with E-state index in [1.54, 1.807) is 0 Å². The van der Waals surface area contributed by atoms with Crippen molar-refractivity contribution in [2.75, 3.05) is 6.61 Å². The summed E-state index contributed by atoms with van der Waals surface area (Å²) in [6, 6.07) is 7.71. The minimum atomic E-state index is -1.22. The molecule has 0 N–H and O–H groups in total. The quantitative estimate of drug-likeness (QED) is 0.232. The Morgan fingerprint density at radius 2 is 1.53 bits per heavy atom. The van der Waals surface area contributed by atoms with Crippen molar-refractivity contribution in [3.05, 3.63) is 24.3 Å². The van der Waals surface area contributed by atoms with Crippen LogP contribution in [0.5, 0.6) is 0 Å². The summed E-state index contributed by atoms with van der Waals surface area (Å²) in [5, 5.41) is 0.614. The van der Waals surface area contributed by atoms with Crippen LogP contribution < -0.4 is 0 Å². The van der Waals surface area contributed by atoms with Gasteiger partial charge in [0.25, 0.3) is 0 Å². The predicted octanol–water partition coefficient (Wildman–Crippen LogP) is 3.40. The molecule has 5 unspecified atom stereocenters. The lowest BCUT2D eigenvalue weighted by Gasteiger charge is -2.44. The molecule has 0 saturated carbocycles. The molecule has 2 heterocycles. The molecule has 1 aromatic heterocycles. The van der Waals surface area contributed by atoms with E-state index in [2.05, 4.69) is 11.5 Å². The van der Waals surface area contributed by atoms with Gasteiger partial charge in [0.1, 0.15) is 12.7 Å². The van der Waals surface area contributed by atoms with Crippen LogP contribution in [0.1, 0.15) is 53.9 Å². The molecule has 5 atom stereocenters. The Labute approximate surface area is 225 Å². The Kier molecular flexibility index (Phi) is 10.5. The zero-order chi connectivity index (χ0) is 27.8. The number of nitrogens with zero attached hydrogens (tertiary/aromatic N) is 2. The number of esters is 4. The van der Waals surface area contributed by atoms with Gasteiger partial charge in [0.2, 0.25) is 0 Å². The number of benzene rings is 1. The fourth-order valence-corrected chi connectivity index (χ4v) is 5.49. The van der Waals surface area contributed by atoms with E-state index >= 15 is 0 Å². The first-order valence-electron chi connectivity index (χ1n) is 12.5. The molecule has 11 nitrogen and oxygen atoms in total. The molecule has 3 rings (SSSR count). The Balaban J connectivity index is 2.04. The van der Waals surface area contributed by atoms with Gasteiger partial charge in [-0.25, -0.2) is 4.98 Å². The van der Waals surface area contributed by atoms with Gasteiger partial charge in [-0.15, -0.1) is 0 Å². The van der Waals surface area contributed by atoms with Gasteiger partial charge < -0.3 is 28.3 Å². The summed E-state index contributed by atoms with van der Waals surface area (Å²) < 4.78 is 30.1. The fraction of sp³-hybridized carbons (Fsp3) is 0.577. The van der Waals surface area contributed by atoms with Crippen LogP contribution in [0.25, 0.3) is 11.0 Å². The van der Waals surface area contributed by atoms with Gasteiger partial charge in [-0.1, -0.05) is 43.7 Å². The maximum atomic E-state index is 12.1. The molecule has 1 fully saturated rings. The summed E-state index contributed by atoms with van der Waals surface area (Å²) in [5.41, 5.74) is 0.797. The van der Waals surface area contributed by atoms with E-state index in [1.807, 2.05) is 24.3 Å². The van der Waals surface area contributed by atoms with Crippen LogP contribution in [-0.4, -0.2) is 69.9 Å². The lowest BCUT2D eigenvalue weighted by Crippen LogP contribution is -2.61. The summed E-state index contributed by atoms with van der Waals surface area (Å²) in [5.74, 6) is -2.55. The summed E-state index contributed by atoms with van der Waals surface area (Å²) in [4.78, 5) is 52.5. The SMILES string of the molecule is CCCCCn1c(SC2OC(COC(C)=O)C(OC(C)=O)C(OC(C)=O)C2OC(C)=O)nc2ccccc21. The maximum absolute atomic E-state index is 12.1. The average Bonchev–Trinajstić information content (AvgIpc) is 3.18. The zero-order valence-electron chi connectivity index (χ0n) is 22.2. The highest BCUT2D eigenvalue weighted by molar-refractivity contribution is 7.99. The van der Waals surface area contributed by atoms with Crippen LogP contribution in [0.3, 0.4) is 0 Å². The van der Waals surface area contributed by atoms with E-state index in [4.69, 9.17) is 28.7 Å². The van der Waals surface area contributed by atoms with E-state index in [-0.39, 0.29) is 6.61 Å². The standard InChI is InChI=1S/C26H34N2O9S/c1-6-7-10-13-28-20-12-9-8-11-19(20)27-26(28)38-25-24(36-18(5)32)23(35-17(4)31)22(34-16(3)30)21(37-25)14-33-15(2)29/h8-9,11-12,21-25H,6-7,10,13-14H2,1-5H3. The number of carbonyl (C=O) groups is 4. The first kappa shape index (κ1) is 29.4. The highest BCUT2D eigenvalue weighted by Gasteiger charge is 2.52. The molecule has 208 valence electrons. The molecule has 0 bridgehead atoms. The van der Waals surface area contributed by atoms with Gasteiger partial charge in [-0.2, -0.15) is 0 Å². The first-order valence-corrected chi connectivity index (χ1v) is 13.4. The Morgan fingerprint density at radius 3 is 2.16 bits per heavy atom. The molecule has 38 heavy (non-hydrogen) atoms. The molecule has 0 radical (unpaired) electrons. The van der Waals surface area contributed by atoms with Gasteiger partial charge in [-0.3, -0.25) is 19.2 Å². The smallest absolute Gasteiger partial charge is 0.303 e. The fourth-order valence-electron chi connectivity index (χ4n) is 4.27. The molecular formula is C26H34N2O9S. The van der Waals surface area contributed by atoms with Crippen molar-refractivity contribution in [1.29, 1.82) is 0 Å². The van der Waals surface area contributed by atoms with Crippen LogP contribution in [0, 0.1) is 0 Å². The van der Waals surface area contributed by atoms with Crippen molar-refractivity contribution in [2.24, 2.45) is 0 Å². The van der Waals surface area contributed by atoms with Crippen molar-refractivity contribution in [1.82, 2.24) is 9.55 Å². The number of hydrogen-bond donors (Lipinski definition) is 0. The first-order chi connectivity index (χ1) is 18.1. The third-order valence-electron chi connectivity index (χ3n) is 5.77. The number of fused-ring (bicyclic) bond motifs is 1. The number of aryl methyl sites for hydroxylation is 1. The third-order valence-corrected chi connectivity index (χ3v) is 6.91. The molecule has 1 aromatic carbocycles. The van der Waals surface area contributed by atoms with Gasteiger partial charge in [0.05, 0.1) is 11.0 Å². The minimum absolute atomic E-state index is 0.276. The predicted molar refractivity (Wildman–Crippen MR) is 137 cm³/mol. The zero-order valence-corrected chi connectivity index (χ0v) is 23.0. The van der Waals surface area contributed by atoms with Crippen LogP contribution in [0.4, 0.5) is 0 Å². The van der Waals surface area contributed by atoms with Crippen molar-refractivity contribution < 1.29 is 42.9 Å². The molecule has 0 spiro atoms. The van der Waals surface area contributed by atoms with Crippen molar-refractivity contribution in [3.8, 4) is 0 Å². The number of para-hydroxylation sites is 2. The molecule has 0 amide bonds. The van der Waals surface area contributed by atoms with Crippen molar-refractivity contribution >= 4 is 46.7 Å². The minimum Gasteiger partial charge on any atom is -0.463 e. The van der Waals surface area contributed by atoms with Crippen LogP contribution >= 0.6 is 11.8 Å². The summed E-state index contributed by atoms with van der Waals surface area (Å²) in [6.45, 7) is 7.40. The normalized spacial score (nSPS) is 23.0. The van der Waals surface area contributed by atoms with E-state index < -0.39 is 53.7 Å². The molecule has 12 heteroatoms. The lowest BCUT2D eigenvalue weighted by atomic mass is 9.99. The van der Waals surface area contributed by atoms with Gasteiger partial charge in [-0.05, 0) is 18.6 Å². The van der Waals surface area contributed by atoms with Crippen LogP contribution in [-0.2, 0) is 49.4 Å². The topological polar surface area (TPSA) is 132 Å². The molecule has 0 aliphatic carbocycles. The molecule has 2 aromatic rings. The van der Waals surface area contributed by atoms with E-state index in [0.717, 1.165) is 30.3 Å². The average molecular weight is 551 g/mol. The molecule has 1 aliphatic heterocycles. The largest absolute Gasteiger partial charge is 0.463 e. The Hall–Kier alpha value is -3.12. The number of thioether (sulfide) groups is 1. The lowest BCUT2D eigenvalue weighted by molar-refractivity contribution is -0.237.